The Morgan fingerprint density at radius 2 is 2.11 bits per heavy atom. The second kappa shape index (κ2) is 4.56. The number of hydrogen-bond donors (Lipinski definition) is 2. The first kappa shape index (κ1) is 12.2. The normalized spacial score (nSPS) is 14.1. The van der Waals surface area contributed by atoms with Crippen molar-refractivity contribution in [1.29, 1.82) is 0 Å². The number of hydrogen-bond acceptors (Lipinski definition) is 5. The zero-order valence-corrected chi connectivity index (χ0v) is 10.2. The lowest BCUT2D eigenvalue weighted by molar-refractivity contribution is -0.141. The van der Waals surface area contributed by atoms with Gasteiger partial charge in [-0.05, 0) is 25.5 Å². The number of nitrogens with one attached hydrogen (secondary N) is 1. The van der Waals surface area contributed by atoms with E-state index in [4.69, 9.17) is 0 Å². The van der Waals surface area contributed by atoms with Crippen molar-refractivity contribution in [2.75, 3.05) is 5.32 Å². The average Bonchev–Trinajstić information content (AvgIpc) is 2.38. The maximum Gasteiger partial charge on any atom is 0.329 e. The summed E-state index contributed by atoms with van der Waals surface area (Å²) in [5, 5.41) is 12.1. The van der Waals surface area contributed by atoms with Gasteiger partial charge in [-0.15, -0.1) is 0 Å². The molecule has 0 bridgehead atoms. The number of carbonyl (C=O) groups is 1. The molecule has 0 saturated heterocycles. The molecule has 0 saturated carbocycles. The SMILES string of the molecule is CCC(C)(Nc1ccc2nccnc2n1)C(=O)O. The fraction of sp³-hybridized carbons (Fsp3) is 0.333. The lowest BCUT2D eigenvalue weighted by atomic mass is 9.99. The third-order valence-electron chi connectivity index (χ3n) is 2.91. The number of anilines is 1. The van der Waals surface area contributed by atoms with Gasteiger partial charge in [0.1, 0.15) is 16.9 Å². The van der Waals surface area contributed by atoms with Gasteiger partial charge in [0.25, 0.3) is 0 Å². The monoisotopic (exact) mass is 246 g/mol. The Morgan fingerprint density at radius 1 is 1.39 bits per heavy atom. The average molecular weight is 246 g/mol. The fourth-order valence-electron chi connectivity index (χ4n) is 1.50. The predicted octanol–water partition coefficient (Wildman–Crippen LogP) is 1.69. The maximum absolute atomic E-state index is 11.2. The molecule has 0 radical (unpaired) electrons. The van der Waals surface area contributed by atoms with E-state index < -0.39 is 11.5 Å². The summed E-state index contributed by atoms with van der Waals surface area (Å²) in [5.74, 6) is -0.430. The van der Waals surface area contributed by atoms with Gasteiger partial charge in [-0.3, -0.25) is 4.98 Å². The number of aromatic nitrogens is 3. The van der Waals surface area contributed by atoms with Crippen molar-refractivity contribution in [3.8, 4) is 0 Å². The highest BCUT2D eigenvalue weighted by molar-refractivity contribution is 5.82. The minimum absolute atomic E-state index is 0.447. The van der Waals surface area contributed by atoms with E-state index in [1.54, 1.807) is 31.5 Å². The molecule has 2 aromatic rings. The van der Waals surface area contributed by atoms with E-state index in [-0.39, 0.29) is 0 Å². The second-order valence-electron chi connectivity index (χ2n) is 4.21. The number of carboxylic acid groups (broad SMARTS) is 1. The predicted molar refractivity (Wildman–Crippen MR) is 67.3 cm³/mol. The Bertz CT molecular complexity index is 587. The molecular weight excluding hydrogens is 232 g/mol. The number of rotatable bonds is 4. The van der Waals surface area contributed by atoms with E-state index in [9.17, 15) is 9.90 Å². The molecule has 94 valence electrons. The highest BCUT2D eigenvalue weighted by Crippen LogP contribution is 2.18. The van der Waals surface area contributed by atoms with Gasteiger partial charge >= 0.3 is 5.97 Å². The third-order valence-corrected chi connectivity index (χ3v) is 2.91. The Balaban J connectivity index is 2.34. The molecule has 0 amide bonds. The topological polar surface area (TPSA) is 88.0 Å². The van der Waals surface area contributed by atoms with Crippen LogP contribution < -0.4 is 5.32 Å². The first-order chi connectivity index (χ1) is 8.55. The molecule has 18 heavy (non-hydrogen) atoms. The van der Waals surface area contributed by atoms with E-state index in [1.807, 2.05) is 6.92 Å². The van der Waals surface area contributed by atoms with Crippen LogP contribution in [0.3, 0.4) is 0 Å². The van der Waals surface area contributed by atoms with Crippen LogP contribution in [0.25, 0.3) is 11.2 Å². The van der Waals surface area contributed by atoms with Gasteiger partial charge in [-0.25, -0.2) is 14.8 Å². The summed E-state index contributed by atoms with van der Waals surface area (Å²) in [6.45, 7) is 3.43. The van der Waals surface area contributed by atoms with Crippen LogP contribution in [-0.2, 0) is 4.79 Å². The lowest BCUT2D eigenvalue weighted by Crippen LogP contribution is -2.42. The van der Waals surface area contributed by atoms with E-state index in [2.05, 4.69) is 20.3 Å². The van der Waals surface area contributed by atoms with E-state index in [0.717, 1.165) is 0 Å². The molecule has 0 aliphatic carbocycles. The van der Waals surface area contributed by atoms with E-state index in [0.29, 0.717) is 23.4 Å². The molecule has 2 N–H and O–H groups in total. The third kappa shape index (κ3) is 2.22. The highest BCUT2D eigenvalue weighted by atomic mass is 16.4. The zero-order valence-electron chi connectivity index (χ0n) is 10.2. The van der Waals surface area contributed by atoms with Gasteiger partial charge in [0.2, 0.25) is 0 Å². The van der Waals surface area contributed by atoms with Gasteiger partial charge in [-0.2, -0.15) is 0 Å². The van der Waals surface area contributed by atoms with Crippen molar-refractivity contribution in [2.45, 2.75) is 25.8 Å². The van der Waals surface area contributed by atoms with Gasteiger partial charge in [0, 0.05) is 12.4 Å². The van der Waals surface area contributed by atoms with Crippen molar-refractivity contribution in [1.82, 2.24) is 15.0 Å². The quantitative estimate of drug-likeness (QED) is 0.853. The van der Waals surface area contributed by atoms with Crippen LogP contribution in [0.4, 0.5) is 5.82 Å². The molecule has 6 heteroatoms. The minimum atomic E-state index is -1.04. The zero-order chi connectivity index (χ0) is 13.2. The maximum atomic E-state index is 11.2. The summed E-state index contributed by atoms with van der Waals surface area (Å²) in [6, 6.07) is 3.46. The molecule has 0 fully saturated rings. The molecule has 1 unspecified atom stereocenters. The Kier molecular flexibility index (Phi) is 3.10. The van der Waals surface area contributed by atoms with Crippen molar-refractivity contribution in [3.63, 3.8) is 0 Å². The van der Waals surface area contributed by atoms with Gasteiger partial charge in [0.05, 0.1) is 0 Å². The van der Waals surface area contributed by atoms with Gasteiger partial charge < -0.3 is 10.4 Å². The highest BCUT2D eigenvalue weighted by Gasteiger charge is 2.31. The first-order valence-corrected chi connectivity index (χ1v) is 5.64. The van der Waals surface area contributed by atoms with Crippen LogP contribution in [0.1, 0.15) is 20.3 Å². The summed E-state index contributed by atoms with van der Waals surface area (Å²) >= 11 is 0. The lowest BCUT2D eigenvalue weighted by Gasteiger charge is -2.25. The number of fused-ring (bicyclic) bond motifs is 1. The molecule has 6 nitrogen and oxygen atoms in total. The number of carboxylic acids is 1. The molecule has 2 aromatic heterocycles. The number of nitrogens with zero attached hydrogens (tertiary/aromatic N) is 3. The standard InChI is InChI=1S/C12H14N4O2/c1-3-12(2,11(17)18)16-9-5-4-8-10(15-9)14-7-6-13-8/h4-7H,3H2,1-2H3,(H,17,18)(H,14,15,16). The smallest absolute Gasteiger partial charge is 0.329 e. The van der Waals surface area contributed by atoms with Crippen molar-refractivity contribution in [2.24, 2.45) is 0 Å². The second-order valence-corrected chi connectivity index (χ2v) is 4.21. The molecular formula is C12H14N4O2. The summed E-state index contributed by atoms with van der Waals surface area (Å²) in [4.78, 5) is 23.6. The largest absolute Gasteiger partial charge is 0.480 e. The summed E-state index contributed by atoms with van der Waals surface area (Å²) in [7, 11) is 0. The first-order valence-electron chi connectivity index (χ1n) is 5.64. The fourth-order valence-corrected chi connectivity index (χ4v) is 1.50. The van der Waals surface area contributed by atoms with Crippen LogP contribution in [-0.4, -0.2) is 31.6 Å². The Hall–Kier alpha value is -2.24. The van der Waals surface area contributed by atoms with Crippen LogP contribution >= 0.6 is 0 Å². The molecule has 1 atom stereocenters. The van der Waals surface area contributed by atoms with Crippen LogP contribution in [0, 0.1) is 0 Å². The number of aliphatic carboxylic acids is 1. The van der Waals surface area contributed by atoms with Gasteiger partial charge in [-0.1, -0.05) is 6.92 Å². The minimum Gasteiger partial charge on any atom is -0.480 e. The summed E-state index contributed by atoms with van der Waals surface area (Å²) in [6.07, 6.45) is 3.59. The van der Waals surface area contributed by atoms with Gasteiger partial charge in [0.15, 0.2) is 5.65 Å². The van der Waals surface area contributed by atoms with Crippen molar-refractivity contribution in [3.05, 3.63) is 24.5 Å². The molecule has 0 aliphatic rings. The molecule has 0 aromatic carbocycles. The Labute approximate surface area is 104 Å². The number of pyridine rings is 1. The van der Waals surface area contributed by atoms with Crippen LogP contribution in [0.15, 0.2) is 24.5 Å². The molecule has 2 heterocycles. The van der Waals surface area contributed by atoms with Crippen LogP contribution in [0.2, 0.25) is 0 Å². The van der Waals surface area contributed by atoms with Crippen molar-refractivity contribution >= 4 is 23.0 Å². The van der Waals surface area contributed by atoms with Crippen LogP contribution in [0.5, 0.6) is 0 Å². The van der Waals surface area contributed by atoms with E-state index in [1.165, 1.54) is 0 Å². The molecule has 0 spiro atoms. The molecule has 0 aliphatic heterocycles. The summed E-state index contributed by atoms with van der Waals surface area (Å²) in [5.41, 5.74) is 0.131. The summed E-state index contributed by atoms with van der Waals surface area (Å²) < 4.78 is 0. The Morgan fingerprint density at radius 3 is 2.78 bits per heavy atom. The molecule has 2 rings (SSSR count). The van der Waals surface area contributed by atoms with E-state index >= 15 is 0 Å². The van der Waals surface area contributed by atoms with Crippen molar-refractivity contribution < 1.29 is 9.90 Å².